The maximum absolute atomic E-state index is 13.1. The van der Waals surface area contributed by atoms with Crippen molar-refractivity contribution in [3.63, 3.8) is 0 Å². The molecule has 1 amide bonds. The highest BCUT2D eigenvalue weighted by molar-refractivity contribution is 8.27. The normalized spacial score (nSPS) is 17.2. The fraction of sp³-hybridized carbons (Fsp3) is 0.240. The molecule has 1 fully saturated rings. The number of hydrogen-bond acceptors (Lipinski definition) is 5. The van der Waals surface area contributed by atoms with Crippen molar-refractivity contribution in [3.8, 4) is 5.00 Å². The van der Waals surface area contributed by atoms with Crippen LogP contribution >= 0.6 is 35.3 Å². The minimum Gasteiger partial charge on any atom is -0.478 e. The van der Waals surface area contributed by atoms with Crippen molar-refractivity contribution in [2.45, 2.75) is 39.5 Å². The van der Waals surface area contributed by atoms with Crippen LogP contribution in [0.3, 0.4) is 0 Å². The van der Waals surface area contributed by atoms with Gasteiger partial charge in [0.1, 0.15) is 5.00 Å². The first-order valence-electron chi connectivity index (χ1n) is 10.8. The summed E-state index contributed by atoms with van der Waals surface area (Å²) in [7, 11) is 0. The van der Waals surface area contributed by atoms with Gasteiger partial charge in [-0.1, -0.05) is 42.2 Å². The predicted octanol–water partition coefficient (Wildman–Crippen LogP) is 6.14. The number of nitrogens with zero attached hydrogens (tertiary/aromatic N) is 2. The van der Waals surface area contributed by atoms with Gasteiger partial charge in [-0.15, -0.1) is 11.3 Å². The Morgan fingerprint density at radius 1 is 1.15 bits per heavy atom. The predicted molar refractivity (Wildman–Crippen MR) is 139 cm³/mol. The molecule has 2 aliphatic rings. The summed E-state index contributed by atoms with van der Waals surface area (Å²) in [5.74, 6) is -1.01. The highest BCUT2D eigenvalue weighted by atomic mass is 32.2. The molecule has 1 aliphatic heterocycles. The molecular weight excluding hydrogens is 472 g/mol. The number of hydrogen-bond donors (Lipinski definition) is 1. The van der Waals surface area contributed by atoms with Crippen LogP contribution in [0.15, 0.2) is 41.3 Å². The number of carbonyl (C=O) groups excluding carboxylic acids is 1. The molecule has 8 heteroatoms. The number of aryl methyl sites for hydroxylation is 2. The molecule has 5 nitrogen and oxygen atoms in total. The molecule has 0 spiro atoms. The Morgan fingerprint density at radius 2 is 1.88 bits per heavy atom. The number of rotatable bonds is 4. The molecule has 5 rings (SSSR count). The van der Waals surface area contributed by atoms with E-state index in [9.17, 15) is 14.7 Å². The molecule has 1 N–H and O–H groups in total. The molecule has 2 aromatic heterocycles. The summed E-state index contributed by atoms with van der Waals surface area (Å²) in [4.78, 5) is 28.6. The van der Waals surface area contributed by atoms with E-state index < -0.39 is 5.97 Å². The molecule has 0 saturated carbocycles. The van der Waals surface area contributed by atoms with E-state index in [1.54, 1.807) is 16.2 Å². The van der Waals surface area contributed by atoms with Crippen LogP contribution in [0.4, 0.5) is 5.69 Å². The second kappa shape index (κ2) is 8.59. The number of aromatic carboxylic acids is 1. The van der Waals surface area contributed by atoms with Crippen LogP contribution in [0.1, 0.15) is 50.6 Å². The van der Waals surface area contributed by atoms with E-state index in [-0.39, 0.29) is 5.91 Å². The molecule has 1 saturated heterocycles. The number of carboxylic acids is 1. The van der Waals surface area contributed by atoms with E-state index in [0.717, 1.165) is 58.9 Å². The van der Waals surface area contributed by atoms with Crippen LogP contribution in [0, 0.1) is 13.8 Å². The zero-order valence-corrected chi connectivity index (χ0v) is 20.7. The first-order chi connectivity index (χ1) is 15.9. The van der Waals surface area contributed by atoms with Gasteiger partial charge in [0.15, 0.2) is 4.32 Å². The van der Waals surface area contributed by atoms with E-state index in [2.05, 4.69) is 0 Å². The number of aromatic nitrogens is 1. The number of para-hydroxylation sites is 1. The number of anilines is 1. The van der Waals surface area contributed by atoms with Gasteiger partial charge in [-0.3, -0.25) is 9.69 Å². The van der Waals surface area contributed by atoms with Crippen molar-refractivity contribution >= 4 is 63.3 Å². The molecule has 33 heavy (non-hydrogen) atoms. The molecule has 3 aromatic rings. The lowest BCUT2D eigenvalue weighted by molar-refractivity contribution is -0.113. The van der Waals surface area contributed by atoms with Crippen molar-refractivity contribution in [1.29, 1.82) is 0 Å². The zero-order chi connectivity index (χ0) is 23.3. The number of benzene rings is 1. The van der Waals surface area contributed by atoms with Gasteiger partial charge in [-0.2, -0.15) is 0 Å². The second-order valence-electron chi connectivity index (χ2n) is 8.21. The fourth-order valence-corrected chi connectivity index (χ4v) is 7.37. The van der Waals surface area contributed by atoms with Crippen LogP contribution in [0.25, 0.3) is 11.1 Å². The first-order valence-corrected chi connectivity index (χ1v) is 12.8. The standard InChI is InChI=1S/C25H22N2O3S3/c1-14-12-16(13-20-22(28)27(25(31)33-20)17-8-4-3-5-9-17)15(2)26(14)23-21(24(29)30)18-10-6-7-11-19(18)32-23/h3-5,8-9,12-13H,6-7,10-11H2,1-2H3,(H,29,30)/b20-13-. The third-order valence-electron chi connectivity index (χ3n) is 6.13. The number of thioether (sulfide) groups is 1. The molecule has 0 radical (unpaired) electrons. The lowest BCUT2D eigenvalue weighted by Crippen LogP contribution is -2.27. The average molecular weight is 495 g/mol. The van der Waals surface area contributed by atoms with Crippen molar-refractivity contribution in [3.05, 3.63) is 74.3 Å². The monoisotopic (exact) mass is 494 g/mol. The second-order valence-corrected chi connectivity index (χ2v) is 11.0. The highest BCUT2D eigenvalue weighted by Gasteiger charge is 2.34. The van der Waals surface area contributed by atoms with Crippen LogP contribution in [0.5, 0.6) is 0 Å². The Labute approximate surface area is 205 Å². The summed E-state index contributed by atoms with van der Waals surface area (Å²) in [5, 5.41) is 10.8. The van der Waals surface area contributed by atoms with Crippen molar-refractivity contribution in [2.24, 2.45) is 0 Å². The van der Waals surface area contributed by atoms with Crippen LogP contribution in [-0.2, 0) is 17.6 Å². The summed E-state index contributed by atoms with van der Waals surface area (Å²) in [6.07, 6.45) is 5.76. The van der Waals surface area contributed by atoms with Crippen LogP contribution < -0.4 is 4.90 Å². The van der Waals surface area contributed by atoms with Crippen molar-refractivity contribution in [1.82, 2.24) is 4.57 Å². The average Bonchev–Trinajstić information content (AvgIpc) is 3.39. The summed E-state index contributed by atoms with van der Waals surface area (Å²) in [6.45, 7) is 3.95. The van der Waals surface area contributed by atoms with Gasteiger partial charge in [0, 0.05) is 16.3 Å². The summed E-state index contributed by atoms with van der Waals surface area (Å²) < 4.78 is 2.53. The topological polar surface area (TPSA) is 62.5 Å². The molecule has 0 unspecified atom stereocenters. The highest BCUT2D eigenvalue weighted by Crippen LogP contribution is 2.40. The maximum Gasteiger partial charge on any atom is 0.339 e. The SMILES string of the molecule is Cc1cc(/C=C2\SC(=S)N(c3ccccc3)C2=O)c(C)n1-c1sc2c(c1C(=O)O)CCCC2. The van der Waals surface area contributed by atoms with Gasteiger partial charge < -0.3 is 9.67 Å². The van der Waals surface area contributed by atoms with Crippen LogP contribution in [0.2, 0.25) is 0 Å². The molecule has 168 valence electrons. The van der Waals surface area contributed by atoms with Gasteiger partial charge in [0.2, 0.25) is 0 Å². The van der Waals surface area contributed by atoms with Gasteiger partial charge >= 0.3 is 5.97 Å². The lowest BCUT2D eigenvalue weighted by atomic mass is 9.95. The largest absolute Gasteiger partial charge is 0.478 e. The van der Waals surface area contributed by atoms with E-state index in [4.69, 9.17) is 12.2 Å². The molecule has 3 heterocycles. The minimum atomic E-state index is -0.873. The van der Waals surface area contributed by atoms with Crippen molar-refractivity contribution in [2.75, 3.05) is 4.90 Å². The van der Waals surface area contributed by atoms with Crippen LogP contribution in [-0.4, -0.2) is 25.9 Å². The number of amides is 1. The number of carboxylic acid groups (broad SMARTS) is 1. The zero-order valence-electron chi connectivity index (χ0n) is 18.3. The first kappa shape index (κ1) is 22.1. The third-order valence-corrected chi connectivity index (χ3v) is 8.71. The summed E-state index contributed by atoms with van der Waals surface area (Å²) >= 11 is 8.36. The Morgan fingerprint density at radius 3 is 2.61 bits per heavy atom. The van der Waals surface area contributed by atoms with Gasteiger partial charge in [0.25, 0.3) is 5.91 Å². The van der Waals surface area contributed by atoms with E-state index >= 15 is 0 Å². The maximum atomic E-state index is 13.1. The fourth-order valence-electron chi connectivity index (χ4n) is 4.58. The Kier molecular flexibility index (Phi) is 5.76. The van der Waals surface area contributed by atoms with E-state index in [1.807, 2.05) is 60.9 Å². The van der Waals surface area contributed by atoms with Gasteiger partial charge in [-0.25, -0.2) is 4.79 Å². The Hall–Kier alpha value is -2.68. The Balaban J connectivity index is 1.56. The summed E-state index contributed by atoms with van der Waals surface area (Å²) in [5.41, 5.74) is 4.93. The molecule has 1 aliphatic carbocycles. The number of carbonyl (C=O) groups is 2. The minimum absolute atomic E-state index is 0.140. The number of fused-ring (bicyclic) bond motifs is 1. The number of thiocarbonyl (C=S) groups is 1. The van der Waals surface area contributed by atoms with Gasteiger partial charge in [0.05, 0.1) is 16.2 Å². The van der Waals surface area contributed by atoms with E-state index in [0.29, 0.717) is 14.8 Å². The molecule has 1 aromatic carbocycles. The van der Waals surface area contributed by atoms with Gasteiger partial charge in [-0.05, 0) is 74.9 Å². The molecule has 0 bridgehead atoms. The smallest absolute Gasteiger partial charge is 0.339 e. The van der Waals surface area contributed by atoms with E-state index in [1.165, 1.54) is 16.6 Å². The third kappa shape index (κ3) is 3.76. The lowest BCUT2D eigenvalue weighted by Gasteiger charge is -2.13. The quantitative estimate of drug-likeness (QED) is 0.349. The molecular formula is C25H22N2O3S3. The van der Waals surface area contributed by atoms with Crippen molar-refractivity contribution < 1.29 is 14.7 Å². The summed E-state index contributed by atoms with van der Waals surface area (Å²) in [6, 6.07) is 11.4. The number of thiophene rings is 1. The Bertz CT molecular complexity index is 1330. The molecule has 0 atom stereocenters.